The molecule has 0 fully saturated rings. The Morgan fingerprint density at radius 2 is 1.88 bits per heavy atom. The first kappa shape index (κ1) is 12.4. The van der Waals surface area contributed by atoms with Crippen LogP contribution in [-0.2, 0) is 6.18 Å². The standard InChI is InChI=1S/C11H5F4IO/c12-8-5-6(11(13,14)15)4-7(10(8)16)9-2-1-3-17-9/h1-5H. The van der Waals surface area contributed by atoms with Crippen LogP contribution in [0, 0.1) is 9.39 Å². The quantitative estimate of drug-likeness (QED) is 0.533. The minimum atomic E-state index is -4.58. The number of alkyl halides is 3. The highest BCUT2D eigenvalue weighted by Crippen LogP contribution is 2.36. The summed E-state index contributed by atoms with van der Waals surface area (Å²) < 4.78 is 56.1. The highest BCUT2D eigenvalue weighted by atomic mass is 127. The summed E-state index contributed by atoms with van der Waals surface area (Å²) in [6.45, 7) is 0. The molecule has 0 unspecified atom stereocenters. The molecule has 0 N–H and O–H groups in total. The Labute approximate surface area is 108 Å². The van der Waals surface area contributed by atoms with Crippen molar-refractivity contribution in [3.05, 3.63) is 45.5 Å². The molecule has 0 saturated heterocycles. The van der Waals surface area contributed by atoms with E-state index in [0.29, 0.717) is 6.07 Å². The minimum absolute atomic E-state index is 0.0999. The molecule has 2 rings (SSSR count). The van der Waals surface area contributed by atoms with Gasteiger partial charge in [-0.25, -0.2) is 4.39 Å². The van der Waals surface area contributed by atoms with E-state index in [4.69, 9.17) is 4.42 Å². The molecule has 1 aromatic heterocycles. The molecule has 0 aliphatic heterocycles. The third kappa shape index (κ3) is 2.46. The number of benzene rings is 1. The van der Waals surface area contributed by atoms with Crippen LogP contribution in [0.3, 0.4) is 0 Å². The first-order valence-corrected chi connectivity index (χ1v) is 5.57. The van der Waals surface area contributed by atoms with Crippen LogP contribution in [0.15, 0.2) is 34.9 Å². The van der Waals surface area contributed by atoms with Gasteiger partial charge in [-0.15, -0.1) is 0 Å². The Morgan fingerprint density at radius 1 is 1.18 bits per heavy atom. The lowest BCUT2D eigenvalue weighted by Crippen LogP contribution is -2.06. The Hall–Kier alpha value is -1.05. The van der Waals surface area contributed by atoms with E-state index in [1.165, 1.54) is 18.4 Å². The summed E-state index contributed by atoms with van der Waals surface area (Å²) in [7, 11) is 0. The number of hydrogen-bond acceptors (Lipinski definition) is 1. The first-order chi connectivity index (χ1) is 7.89. The van der Waals surface area contributed by atoms with Crippen LogP contribution in [0.2, 0.25) is 0 Å². The van der Waals surface area contributed by atoms with Crippen LogP contribution in [0.5, 0.6) is 0 Å². The topological polar surface area (TPSA) is 13.1 Å². The number of furan rings is 1. The fourth-order valence-electron chi connectivity index (χ4n) is 1.36. The van der Waals surface area contributed by atoms with Crippen LogP contribution in [-0.4, -0.2) is 0 Å². The van der Waals surface area contributed by atoms with E-state index in [2.05, 4.69) is 0 Å². The number of hydrogen-bond donors (Lipinski definition) is 0. The summed E-state index contributed by atoms with van der Waals surface area (Å²) in [4.78, 5) is 0. The highest BCUT2D eigenvalue weighted by Gasteiger charge is 2.32. The summed E-state index contributed by atoms with van der Waals surface area (Å²) in [5.74, 6) is -0.703. The van der Waals surface area contributed by atoms with E-state index in [9.17, 15) is 17.6 Å². The van der Waals surface area contributed by atoms with Gasteiger partial charge >= 0.3 is 6.18 Å². The maximum atomic E-state index is 13.4. The molecule has 0 saturated carbocycles. The van der Waals surface area contributed by atoms with Crippen molar-refractivity contribution in [3.63, 3.8) is 0 Å². The maximum Gasteiger partial charge on any atom is 0.416 e. The molecular weight excluding hydrogens is 351 g/mol. The largest absolute Gasteiger partial charge is 0.464 e. The summed E-state index contributed by atoms with van der Waals surface area (Å²) in [5.41, 5.74) is -0.926. The highest BCUT2D eigenvalue weighted by molar-refractivity contribution is 14.1. The number of rotatable bonds is 1. The van der Waals surface area contributed by atoms with Crippen LogP contribution in [0.25, 0.3) is 11.3 Å². The molecule has 6 heteroatoms. The van der Waals surface area contributed by atoms with Crippen molar-refractivity contribution in [1.29, 1.82) is 0 Å². The van der Waals surface area contributed by atoms with Gasteiger partial charge in [0.15, 0.2) is 0 Å². The second-order valence-electron chi connectivity index (χ2n) is 3.29. The van der Waals surface area contributed by atoms with Crippen molar-refractivity contribution in [2.75, 3.05) is 0 Å². The van der Waals surface area contributed by atoms with Gasteiger partial charge in [0.25, 0.3) is 0 Å². The average Bonchev–Trinajstić information content (AvgIpc) is 2.73. The molecule has 0 aliphatic carbocycles. The summed E-state index contributed by atoms with van der Waals surface area (Å²) in [5, 5.41) is 0. The Morgan fingerprint density at radius 3 is 2.41 bits per heavy atom. The predicted octanol–water partition coefficient (Wildman–Crippen LogP) is 4.71. The van der Waals surface area contributed by atoms with Crippen LogP contribution in [0.1, 0.15) is 5.56 Å². The van der Waals surface area contributed by atoms with Gasteiger partial charge in [0.1, 0.15) is 11.6 Å². The molecule has 0 bridgehead atoms. The van der Waals surface area contributed by atoms with Gasteiger partial charge in [-0.1, -0.05) is 0 Å². The molecule has 90 valence electrons. The van der Waals surface area contributed by atoms with E-state index in [-0.39, 0.29) is 14.9 Å². The smallest absolute Gasteiger partial charge is 0.416 e. The van der Waals surface area contributed by atoms with Crippen LogP contribution in [0.4, 0.5) is 17.6 Å². The van der Waals surface area contributed by atoms with Crippen molar-refractivity contribution in [1.82, 2.24) is 0 Å². The van der Waals surface area contributed by atoms with Crippen molar-refractivity contribution in [2.45, 2.75) is 6.18 Å². The van der Waals surface area contributed by atoms with Gasteiger partial charge in [0, 0.05) is 5.56 Å². The van der Waals surface area contributed by atoms with Gasteiger partial charge in [-0.3, -0.25) is 0 Å². The molecule has 0 atom stereocenters. The lowest BCUT2D eigenvalue weighted by atomic mass is 10.1. The lowest BCUT2D eigenvalue weighted by Gasteiger charge is -2.10. The summed E-state index contributed by atoms with van der Waals surface area (Å²) in [6, 6.07) is 4.37. The molecule has 2 aromatic rings. The molecule has 1 aromatic carbocycles. The van der Waals surface area contributed by atoms with E-state index in [1.54, 1.807) is 22.6 Å². The van der Waals surface area contributed by atoms with Gasteiger partial charge in [-0.2, -0.15) is 13.2 Å². The second kappa shape index (κ2) is 4.32. The SMILES string of the molecule is Fc1cc(C(F)(F)F)cc(-c2ccco2)c1I. The fraction of sp³-hybridized carbons (Fsp3) is 0.0909. The molecule has 0 spiro atoms. The summed E-state index contributed by atoms with van der Waals surface area (Å²) in [6.07, 6.45) is -3.25. The monoisotopic (exact) mass is 356 g/mol. The Kier molecular flexibility index (Phi) is 3.15. The van der Waals surface area contributed by atoms with Gasteiger partial charge in [0.2, 0.25) is 0 Å². The predicted molar refractivity (Wildman–Crippen MR) is 61.8 cm³/mol. The molecule has 1 heterocycles. The van der Waals surface area contributed by atoms with Crippen LogP contribution >= 0.6 is 22.6 Å². The van der Waals surface area contributed by atoms with Gasteiger partial charge < -0.3 is 4.42 Å². The molecule has 0 aliphatic rings. The maximum absolute atomic E-state index is 13.4. The van der Waals surface area contributed by atoms with Gasteiger partial charge in [0.05, 0.1) is 15.4 Å². The van der Waals surface area contributed by atoms with Gasteiger partial charge in [-0.05, 0) is 46.9 Å². The molecular formula is C11H5F4IO. The van der Waals surface area contributed by atoms with E-state index >= 15 is 0 Å². The van der Waals surface area contributed by atoms with Crippen molar-refractivity contribution >= 4 is 22.6 Å². The normalized spacial score (nSPS) is 11.8. The Bertz CT molecular complexity index is 531. The molecule has 17 heavy (non-hydrogen) atoms. The van der Waals surface area contributed by atoms with Crippen LogP contribution < -0.4 is 0 Å². The third-order valence-corrected chi connectivity index (χ3v) is 3.24. The fourth-order valence-corrected chi connectivity index (χ4v) is 1.94. The zero-order chi connectivity index (χ0) is 12.6. The molecule has 0 radical (unpaired) electrons. The zero-order valence-electron chi connectivity index (χ0n) is 8.18. The molecule has 1 nitrogen and oxygen atoms in total. The van der Waals surface area contributed by atoms with E-state index in [0.717, 1.165) is 6.07 Å². The second-order valence-corrected chi connectivity index (χ2v) is 4.37. The van der Waals surface area contributed by atoms with E-state index in [1.807, 2.05) is 0 Å². The lowest BCUT2D eigenvalue weighted by molar-refractivity contribution is -0.137. The zero-order valence-corrected chi connectivity index (χ0v) is 10.3. The number of halogens is 5. The third-order valence-electron chi connectivity index (χ3n) is 2.14. The van der Waals surface area contributed by atoms with Crippen molar-refractivity contribution in [2.24, 2.45) is 0 Å². The molecule has 0 amide bonds. The first-order valence-electron chi connectivity index (χ1n) is 4.49. The van der Waals surface area contributed by atoms with Crippen molar-refractivity contribution < 1.29 is 22.0 Å². The Balaban J connectivity index is 2.64. The van der Waals surface area contributed by atoms with Crippen molar-refractivity contribution in [3.8, 4) is 11.3 Å². The summed E-state index contributed by atoms with van der Waals surface area (Å²) >= 11 is 1.65. The van der Waals surface area contributed by atoms with E-state index < -0.39 is 17.6 Å². The average molecular weight is 356 g/mol. The minimum Gasteiger partial charge on any atom is -0.464 e.